The lowest BCUT2D eigenvalue weighted by molar-refractivity contribution is -0.118. The average molecular weight is 377 g/mol. The number of benzene rings is 1. The molecule has 1 aliphatic rings. The lowest BCUT2D eigenvalue weighted by Crippen LogP contribution is -2.29. The number of nitrogens with one attached hydrogen (secondary N) is 1. The molecule has 1 heterocycles. The smallest absolute Gasteiger partial charge is 0.348 e. The van der Waals surface area contributed by atoms with E-state index in [-0.39, 0.29) is 36.3 Å². The molecule has 6 nitrogen and oxygen atoms in total. The molecule has 0 unspecified atom stereocenters. The number of hydrogen-bond acceptors (Lipinski definition) is 5. The monoisotopic (exact) mass is 377 g/mol. The van der Waals surface area contributed by atoms with Crippen LogP contribution in [0.15, 0.2) is 34.1 Å². The van der Waals surface area contributed by atoms with E-state index in [1.54, 1.807) is 12.1 Å². The van der Waals surface area contributed by atoms with E-state index in [2.05, 4.69) is 10.3 Å². The number of aliphatic hydroxyl groups is 1. The minimum atomic E-state index is -0.381. The van der Waals surface area contributed by atoms with Gasteiger partial charge >= 0.3 is 5.69 Å². The molecule has 0 spiro atoms. The first kappa shape index (κ1) is 18.6. The van der Waals surface area contributed by atoms with Gasteiger partial charge in [0.2, 0.25) is 5.91 Å². The number of hydrogen-bond donors (Lipinski definition) is 2. The molecule has 0 aliphatic heterocycles. The summed E-state index contributed by atoms with van der Waals surface area (Å²) < 4.78 is 14.4. The van der Waals surface area contributed by atoms with E-state index in [0.717, 1.165) is 36.1 Å². The van der Waals surface area contributed by atoms with Gasteiger partial charge in [-0.1, -0.05) is 23.9 Å². The predicted molar refractivity (Wildman–Crippen MR) is 96.6 cm³/mol. The van der Waals surface area contributed by atoms with Gasteiger partial charge < -0.3 is 10.4 Å². The maximum Gasteiger partial charge on any atom is 0.348 e. The Balaban J connectivity index is 1.62. The molecule has 1 aliphatic carbocycles. The Kier molecular flexibility index (Phi) is 6.05. The molecule has 8 heteroatoms. The van der Waals surface area contributed by atoms with Crippen LogP contribution in [0.3, 0.4) is 0 Å². The molecule has 138 valence electrons. The Bertz CT molecular complexity index is 852. The lowest BCUT2D eigenvalue weighted by atomic mass is 10.2. The standard InChI is InChI=1S/C18H20FN3O3S/c19-13-6-4-12(5-7-13)10-20-16(24)11-26-17-14-2-1-3-15(14)22(8-9-23)18(25)21-17/h4-7,23H,1-3,8-11H2,(H,20,24). The molecule has 1 aromatic carbocycles. The number of aromatic nitrogens is 2. The first-order valence-corrected chi connectivity index (χ1v) is 9.44. The highest BCUT2D eigenvalue weighted by molar-refractivity contribution is 7.99. The topological polar surface area (TPSA) is 84.2 Å². The van der Waals surface area contributed by atoms with Crippen molar-refractivity contribution in [3.05, 3.63) is 57.4 Å². The summed E-state index contributed by atoms with van der Waals surface area (Å²) in [5.41, 5.74) is 2.37. The second-order valence-electron chi connectivity index (χ2n) is 6.05. The third kappa shape index (κ3) is 4.31. The fraction of sp³-hybridized carbons (Fsp3) is 0.389. The van der Waals surface area contributed by atoms with Crippen molar-refractivity contribution in [2.45, 2.75) is 37.4 Å². The number of fused-ring (bicyclic) bond motifs is 1. The highest BCUT2D eigenvalue weighted by Crippen LogP contribution is 2.29. The summed E-state index contributed by atoms with van der Waals surface area (Å²) >= 11 is 1.25. The summed E-state index contributed by atoms with van der Waals surface area (Å²) in [6.07, 6.45) is 2.56. The number of thioether (sulfide) groups is 1. The summed E-state index contributed by atoms with van der Waals surface area (Å²) in [4.78, 5) is 28.3. The number of carbonyl (C=O) groups is 1. The van der Waals surface area contributed by atoms with E-state index < -0.39 is 0 Å². The van der Waals surface area contributed by atoms with Crippen molar-refractivity contribution in [3.8, 4) is 0 Å². The van der Waals surface area contributed by atoms with Crippen molar-refractivity contribution < 1.29 is 14.3 Å². The van der Waals surface area contributed by atoms with Gasteiger partial charge in [0.1, 0.15) is 10.8 Å². The average Bonchev–Trinajstić information content (AvgIpc) is 3.12. The maximum absolute atomic E-state index is 12.9. The van der Waals surface area contributed by atoms with Crippen LogP contribution in [0.1, 0.15) is 23.2 Å². The minimum Gasteiger partial charge on any atom is -0.395 e. The summed E-state index contributed by atoms with van der Waals surface area (Å²) in [6, 6.07) is 5.95. The van der Waals surface area contributed by atoms with Crippen LogP contribution >= 0.6 is 11.8 Å². The second kappa shape index (κ2) is 8.46. The number of aliphatic hydroxyl groups excluding tert-OH is 1. The van der Waals surface area contributed by atoms with Gasteiger partial charge in [-0.25, -0.2) is 9.18 Å². The van der Waals surface area contributed by atoms with Crippen molar-refractivity contribution in [2.75, 3.05) is 12.4 Å². The van der Waals surface area contributed by atoms with Crippen molar-refractivity contribution in [3.63, 3.8) is 0 Å². The van der Waals surface area contributed by atoms with Gasteiger partial charge in [-0.2, -0.15) is 4.98 Å². The van der Waals surface area contributed by atoms with E-state index in [1.807, 2.05) is 0 Å². The first-order chi connectivity index (χ1) is 12.6. The molecule has 3 rings (SSSR count). The third-order valence-corrected chi connectivity index (χ3v) is 5.28. The Labute approximate surface area is 154 Å². The highest BCUT2D eigenvalue weighted by atomic mass is 32.2. The van der Waals surface area contributed by atoms with Gasteiger partial charge in [0.15, 0.2) is 0 Å². The zero-order chi connectivity index (χ0) is 18.5. The molecule has 0 bridgehead atoms. The van der Waals surface area contributed by atoms with E-state index >= 15 is 0 Å². The van der Waals surface area contributed by atoms with E-state index in [9.17, 15) is 14.0 Å². The fourth-order valence-corrected chi connectivity index (χ4v) is 3.93. The van der Waals surface area contributed by atoms with Crippen LogP contribution in [0.4, 0.5) is 4.39 Å². The second-order valence-corrected chi connectivity index (χ2v) is 7.01. The van der Waals surface area contributed by atoms with Crippen LogP contribution < -0.4 is 11.0 Å². The summed E-state index contributed by atoms with van der Waals surface area (Å²) in [6.45, 7) is 0.465. The van der Waals surface area contributed by atoms with Gasteiger partial charge in [-0.3, -0.25) is 9.36 Å². The molecule has 0 radical (unpaired) electrons. The van der Waals surface area contributed by atoms with Crippen LogP contribution in [0.25, 0.3) is 0 Å². The number of rotatable bonds is 7. The van der Waals surface area contributed by atoms with Crippen LogP contribution in [0.5, 0.6) is 0 Å². The van der Waals surface area contributed by atoms with Crippen molar-refractivity contribution in [2.24, 2.45) is 0 Å². The predicted octanol–water partition coefficient (Wildman–Crippen LogP) is 1.27. The molecule has 0 atom stereocenters. The normalized spacial score (nSPS) is 12.8. The van der Waals surface area contributed by atoms with E-state index in [1.165, 1.54) is 28.5 Å². The molecular weight excluding hydrogens is 357 g/mol. The summed E-state index contributed by atoms with van der Waals surface area (Å²) in [5, 5.41) is 12.5. The van der Waals surface area contributed by atoms with E-state index in [0.29, 0.717) is 11.6 Å². The third-order valence-electron chi connectivity index (χ3n) is 4.27. The van der Waals surface area contributed by atoms with Crippen molar-refractivity contribution >= 4 is 17.7 Å². The Hall–Kier alpha value is -2.19. The van der Waals surface area contributed by atoms with Gasteiger partial charge in [0, 0.05) is 17.8 Å². The van der Waals surface area contributed by atoms with Gasteiger partial charge in [-0.05, 0) is 37.0 Å². The Morgan fingerprint density at radius 2 is 2.08 bits per heavy atom. The van der Waals surface area contributed by atoms with E-state index in [4.69, 9.17) is 5.11 Å². The van der Waals surface area contributed by atoms with Crippen LogP contribution in [-0.4, -0.2) is 32.9 Å². The SMILES string of the molecule is O=C(CSc1nc(=O)n(CCO)c2c1CCC2)NCc1ccc(F)cc1. The fourth-order valence-electron chi connectivity index (χ4n) is 3.02. The number of carbonyl (C=O) groups excluding carboxylic acids is 1. The zero-order valence-electron chi connectivity index (χ0n) is 14.2. The molecule has 0 fully saturated rings. The van der Waals surface area contributed by atoms with Crippen molar-refractivity contribution in [1.82, 2.24) is 14.9 Å². The number of nitrogens with zero attached hydrogens (tertiary/aromatic N) is 2. The van der Waals surface area contributed by atoms with Crippen molar-refractivity contribution in [1.29, 1.82) is 0 Å². The molecule has 0 saturated heterocycles. The Morgan fingerprint density at radius 1 is 1.31 bits per heavy atom. The Morgan fingerprint density at radius 3 is 2.81 bits per heavy atom. The molecule has 2 aromatic rings. The summed E-state index contributed by atoms with van der Waals surface area (Å²) in [5.74, 6) is -0.330. The quantitative estimate of drug-likeness (QED) is 0.561. The number of halogens is 1. The molecule has 2 N–H and O–H groups in total. The molecule has 0 saturated carbocycles. The number of amides is 1. The summed E-state index contributed by atoms with van der Waals surface area (Å²) in [7, 11) is 0. The van der Waals surface area contributed by atoms with Gasteiger partial charge in [0.05, 0.1) is 18.9 Å². The van der Waals surface area contributed by atoms with Gasteiger partial charge in [-0.15, -0.1) is 0 Å². The molecular formula is C18H20FN3O3S. The maximum atomic E-state index is 12.9. The molecule has 1 aromatic heterocycles. The largest absolute Gasteiger partial charge is 0.395 e. The van der Waals surface area contributed by atoms with Crippen LogP contribution in [-0.2, 0) is 30.7 Å². The first-order valence-electron chi connectivity index (χ1n) is 8.46. The van der Waals surface area contributed by atoms with Gasteiger partial charge in [0.25, 0.3) is 0 Å². The minimum absolute atomic E-state index is 0.105. The van der Waals surface area contributed by atoms with Crippen LogP contribution in [0, 0.1) is 5.82 Å². The lowest BCUT2D eigenvalue weighted by Gasteiger charge is -2.13. The van der Waals surface area contributed by atoms with Crippen LogP contribution in [0.2, 0.25) is 0 Å². The molecule has 26 heavy (non-hydrogen) atoms. The molecule has 1 amide bonds. The highest BCUT2D eigenvalue weighted by Gasteiger charge is 2.22. The zero-order valence-corrected chi connectivity index (χ0v) is 15.0.